The third-order valence-corrected chi connectivity index (χ3v) is 3.24. The molecule has 21 heavy (non-hydrogen) atoms. The average molecular weight is 283 g/mol. The van der Waals surface area contributed by atoms with Gasteiger partial charge in [0.2, 0.25) is 5.91 Å². The number of ether oxygens (including phenoxy) is 1. The molecule has 1 unspecified atom stereocenters. The highest BCUT2D eigenvalue weighted by molar-refractivity contribution is 5.92. The third kappa shape index (κ3) is 4.95. The van der Waals surface area contributed by atoms with E-state index in [4.69, 9.17) is 4.74 Å². The summed E-state index contributed by atoms with van der Waals surface area (Å²) >= 11 is 0. The lowest BCUT2D eigenvalue weighted by molar-refractivity contribution is -0.115. The van der Waals surface area contributed by atoms with Crippen LogP contribution in [0.15, 0.2) is 54.6 Å². The van der Waals surface area contributed by atoms with Crippen LogP contribution in [0, 0.1) is 0 Å². The summed E-state index contributed by atoms with van der Waals surface area (Å²) in [4.78, 5) is 12.0. The van der Waals surface area contributed by atoms with Crippen molar-refractivity contribution in [3.63, 3.8) is 0 Å². The molecule has 2 aromatic rings. The Bertz CT molecular complexity index is 581. The van der Waals surface area contributed by atoms with E-state index < -0.39 is 0 Å². The van der Waals surface area contributed by atoms with Gasteiger partial charge in [-0.25, -0.2) is 0 Å². The lowest BCUT2D eigenvalue weighted by Gasteiger charge is -2.13. The van der Waals surface area contributed by atoms with Gasteiger partial charge in [0, 0.05) is 11.8 Å². The quantitative estimate of drug-likeness (QED) is 0.868. The van der Waals surface area contributed by atoms with Gasteiger partial charge >= 0.3 is 0 Å². The molecule has 0 aromatic heterocycles. The Morgan fingerprint density at radius 1 is 1.14 bits per heavy atom. The first-order valence-corrected chi connectivity index (χ1v) is 7.28. The Kier molecular flexibility index (Phi) is 5.38. The maximum Gasteiger partial charge on any atom is 0.228 e. The highest BCUT2D eigenvalue weighted by atomic mass is 16.5. The molecule has 0 heterocycles. The molecule has 0 saturated heterocycles. The van der Waals surface area contributed by atoms with Gasteiger partial charge in [-0.3, -0.25) is 4.79 Å². The molecule has 1 N–H and O–H groups in total. The van der Waals surface area contributed by atoms with E-state index >= 15 is 0 Å². The fraction of sp³-hybridized carbons (Fsp3) is 0.278. The second kappa shape index (κ2) is 7.48. The van der Waals surface area contributed by atoms with Gasteiger partial charge in [0.15, 0.2) is 0 Å². The smallest absolute Gasteiger partial charge is 0.228 e. The minimum absolute atomic E-state index is 0.0260. The van der Waals surface area contributed by atoms with E-state index in [-0.39, 0.29) is 12.0 Å². The van der Waals surface area contributed by atoms with Crippen LogP contribution < -0.4 is 10.1 Å². The summed E-state index contributed by atoms with van der Waals surface area (Å²) < 4.78 is 5.75. The van der Waals surface area contributed by atoms with Gasteiger partial charge in [-0.15, -0.1) is 0 Å². The van der Waals surface area contributed by atoms with E-state index in [1.807, 2.05) is 61.5 Å². The molecule has 0 spiro atoms. The Labute approximate surface area is 126 Å². The van der Waals surface area contributed by atoms with Crippen LogP contribution in [-0.4, -0.2) is 12.0 Å². The maximum absolute atomic E-state index is 12.0. The number of amides is 1. The molecule has 0 bridgehead atoms. The molecule has 110 valence electrons. The number of carbonyl (C=O) groups excluding carboxylic acids is 1. The SMILES string of the molecule is CCC(C)Oc1cccc(NC(=O)Cc2ccccc2)c1. The van der Waals surface area contributed by atoms with Crippen LogP contribution in [0.3, 0.4) is 0 Å². The Hall–Kier alpha value is -2.29. The number of carbonyl (C=O) groups is 1. The van der Waals surface area contributed by atoms with E-state index in [1.165, 1.54) is 0 Å². The summed E-state index contributed by atoms with van der Waals surface area (Å²) in [6, 6.07) is 17.2. The van der Waals surface area contributed by atoms with Crippen molar-refractivity contribution >= 4 is 11.6 Å². The Morgan fingerprint density at radius 2 is 1.90 bits per heavy atom. The molecule has 0 aliphatic heterocycles. The Balaban J connectivity index is 1.96. The zero-order valence-corrected chi connectivity index (χ0v) is 12.5. The summed E-state index contributed by atoms with van der Waals surface area (Å²) in [6.07, 6.45) is 1.49. The molecule has 3 nitrogen and oxygen atoms in total. The minimum atomic E-state index is -0.0260. The molecule has 0 saturated carbocycles. The molecule has 0 aliphatic carbocycles. The summed E-state index contributed by atoms with van der Waals surface area (Å²) in [5.41, 5.74) is 1.76. The topological polar surface area (TPSA) is 38.3 Å². The van der Waals surface area contributed by atoms with Crippen molar-refractivity contribution in [2.75, 3.05) is 5.32 Å². The normalized spacial score (nSPS) is 11.7. The minimum Gasteiger partial charge on any atom is -0.491 e. The van der Waals surface area contributed by atoms with E-state index in [0.717, 1.165) is 23.4 Å². The lowest BCUT2D eigenvalue weighted by Crippen LogP contribution is -2.14. The van der Waals surface area contributed by atoms with Crippen LogP contribution in [0.25, 0.3) is 0 Å². The summed E-state index contributed by atoms with van der Waals surface area (Å²) in [7, 11) is 0. The predicted molar refractivity (Wildman–Crippen MR) is 85.6 cm³/mol. The lowest BCUT2D eigenvalue weighted by atomic mass is 10.1. The first-order chi connectivity index (χ1) is 10.2. The number of hydrogen-bond acceptors (Lipinski definition) is 2. The third-order valence-electron chi connectivity index (χ3n) is 3.24. The first kappa shape index (κ1) is 15.1. The molecular formula is C18H21NO2. The number of nitrogens with one attached hydrogen (secondary N) is 1. The second-order valence-corrected chi connectivity index (χ2v) is 5.08. The van der Waals surface area contributed by atoms with E-state index in [0.29, 0.717) is 6.42 Å². The standard InChI is InChI=1S/C18H21NO2/c1-3-14(2)21-17-11-7-10-16(13-17)19-18(20)12-15-8-5-4-6-9-15/h4-11,13-14H,3,12H2,1-2H3,(H,19,20). The average Bonchev–Trinajstić information content (AvgIpc) is 2.48. The fourth-order valence-corrected chi connectivity index (χ4v) is 1.95. The van der Waals surface area contributed by atoms with Gasteiger partial charge < -0.3 is 10.1 Å². The van der Waals surface area contributed by atoms with Crippen molar-refractivity contribution < 1.29 is 9.53 Å². The molecule has 3 heteroatoms. The number of anilines is 1. The molecule has 2 aromatic carbocycles. The largest absolute Gasteiger partial charge is 0.491 e. The van der Waals surface area contributed by atoms with Crippen LogP contribution in [0.5, 0.6) is 5.75 Å². The number of rotatable bonds is 6. The summed E-state index contributed by atoms with van der Waals surface area (Å²) in [5, 5.41) is 2.90. The van der Waals surface area contributed by atoms with Crippen LogP contribution in [0.4, 0.5) is 5.69 Å². The van der Waals surface area contributed by atoms with Crippen LogP contribution >= 0.6 is 0 Å². The van der Waals surface area contributed by atoms with Crippen molar-refractivity contribution in [3.05, 3.63) is 60.2 Å². The van der Waals surface area contributed by atoms with Crippen molar-refractivity contribution in [1.82, 2.24) is 0 Å². The zero-order valence-electron chi connectivity index (χ0n) is 12.5. The van der Waals surface area contributed by atoms with Crippen LogP contribution in [0.2, 0.25) is 0 Å². The molecule has 0 fully saturated rings. The monoisotopic (exact) mass is 283 g/mol. The van der Waals surface area contributed by atoms with E-state index in [2.05, 4.69) is 12.2 Å². The van der Waals surface area contributed by atoms with Gasteiger partial charge in [0.1, 0.15) is 5.75 Å². The molecule has 0 radical (unpaired) electrons. The molecule has 0 aliphatic rings. The van der Waals surface area contributed by atoms with Crippen molar-refractivity contribution in [2.24, 2.45) is 0 Å². The van der Waals surface area contributed by atoms with E-state index in [9.17, 15) is 4.79 Å². The van der Waals surface area contributed by atoms with Gasteiger partial charge in [-0.2, -0.15) is 0 Å². The van der Waals surface area contributed by atoms with Crippen molar-refractivity contribution in [3.8, 4) is 5.75 Å². The number of hydrogen-bond donors (Lipinski definition) is 1. The van der Waals surface area contributed by atoms with Crippen LogP contribution in [0.1, 0.15) is 25.8 Å². The molecule has 2 rings (SSSR count). The zero-order chi connectivity index (χ0) is 15.1. The summed E-state index contributed by atoms with van der Waals surface area (Å²) in [5.74, 6) is 0.753. The summed E-state index contributed by atoms with van der Waals surface area (Å²) in [6.45, 7) is 4.11. The highest BCUT2D eigenvalue weighted by Gasteiger charge is 2.06. The van der Waals surface area contributed by atoms with Crippen molar-refractivity contribution in [2.45, 2.75) is 32.8 Å². The van der Waals surface area contributed by atoms with Gasteiger partial charge in [-0.1, -0.05) is 43.3 Å². The maximum atomic E-state index is 12.0. The first-order valence-electron chi connectivity index (χ1n) is 7.28. The number of benzene rings is 2. The Morgan fingerprint density at radius 3 is 2.62 bits per heavy atom. The molecule has 1 atom stereocenters. The van der Waals surface area contributed by atoms with Gasteiger partial charge in [0.25, 0.3) is 0 Å². The second-order valence-electron chi connectivity index (χ2n) is 5.08. The van der Waals surface area contributed by atoms with Gasteiger partial charge in [0.05, 0.1) is 12.5 Å². The molecular weight excluding hydrogens is 262 g/mol. The predicted octanol–water partition coefficient (Wildman–Crippen LogP) is 4.05. The van der Waals surface area contributed by atoms with Gasteiger partial charge in [-0.05, 0) is 31.0 Å². The van der Waals surface area contributed by atoms with Crippen LogP contribution in [-0.2, 0) is 11.2 Å². The van der Waals surface area contributed by atoms with E-state index in [1.54, 1.807) is 0 Å². The molecule has 1 amide bonds. The highest BCUT2D eigenvalue weighted by Crippen LogP contribution is 2.19. The van der Waals surface area contributed by atoms with Crippen molar-refractivity contribution in [1.29, 1.82) is 0 Å². The fourth-order valence-electron chi connectivity index (χ4n) is 1.95.